The molecule has 1 atom stereocenters. The molecule has 22 heavy (non-hydrogen) atoms. The van der Waals surface area contributed by atoms with Gasteiger partial charge in [-0.05, 0) is 32.4 Å². The topological polar surface area (TPSA) is 52.0 Å². The van der Waals surface area contributed by atoms with E-state index in [-0.39, 0.29) is 11.9 Å². The molecule has 0 spiro atoms. The van der Waals surface area contributed by atoms with Crippen LogP contribution in [0.1, 0.15) is 33.6 Å². The summed E-state index contributed by atoms with van der Waals surface area (Å²) in [7, 11) is 0. The van der Waals surface area contributed by atoms with Crippen molar-refractivity contribution in [1.29, 1.82) is 0 Å². The van der Waals surface area contributed by atoms with Crippen molar-refractivity contribution in [3.05, 3.63) is 18.2 Å². The minimum Gasteiger partial charge on any atom is -0.486 e. The Hall–Kier alpha value is -1.75. The summed E-state index contributed by atoms with van der Waals surface area (Å²) in [4.78, 5) is 13.9. The van der Waals surface area contributed by atoms with E-state index < -0.39 is 0 Å². The van der Waals surface area contributed by atoms with Crippen LogP contribution in [0.3, 0.4) is 0 Å². The fraction of sp³-hybridized carbons (Fsp3) is 0.588. The van der Waals surface area contributed by atoms with E-state index in [1.807, 2.05) is 18.2 Å². The fourth-order valence-corrected chi connectivity index (χ4v) is 2.90. The van der Waals surface area contributed by atoms with E-state index in [0.717, 1.165) is 37.4 Å². The van der Waals surface area contributed by atoms with Gasteiger partial charge in [0.25, 0.3) is 5.91 Å². The van der Waals surface area contributed by atoms with Gasteiger partial charge >= 0.3 is 0 Å². The highest BCUT2D eigenvalue weighted by Crippen LogP contribution is 2.32. The van der Waals surface area contributed by atoms with Crippen LogP contribution in [-0.4, -0.2) is 38.3 Å². The number of hydrogen-bond acceptors (Lipinski definition) is 3. The summed E-state index contributed by atoms with van der Waals surface area (Å²) < 4.78 is 11.1. The first-order valence-corrected chi connectivity index (χ1v) is 8.24. The third-order valence-corrected chi connectivity index (χ3v) is 4.10. The van der Waals surface area contributed by atoms with Gasteiger partial charge in [-0.1, -0.05) is 6.92 Å². The molecule has 0 saturated carbocycles. The second-order valence-corrected chi connectivity index (χ2v) is 5.55. The summed E-state index contributed by atoms with van der Waals surface area (Å²) >= 11 is 0. The molecular formula is C17H27N2O3+. The molecule has 2 rings (SSSR count). The fourth-order valence-electron chi connectivity index (χ4n) is 2.90. The highest BCUT2D eigenvalue weighted by molar-refractivity contribution is 5.94. The number of amides is 1. The Kier molecular flexibility index (Phi) is 6.07. The second-order valence-electron chi connectivity index (χ2n) is 5.55. The molecule has 1 heterocycles. The molecule has 1 unspecified atom stereocenters. The SMILES string of the molecule is CCCC(C(=O)Nc1ccc2c(c1)OCCO2)[NH+](CC)CC. The van der Waals surface area contributed by atoms with E-state index in [9.17, 15) is 4.79 Å². The number of ether oxygens (including phenoxy) is 2. The lowest BCUT2D eigenvalue weighted by atomic mass is 10.1. The average Bonchev–Trinajstić information content (AvgIpc) is 2.55. The van der Waals surface area contributed by atoms with Crippen molar-refractivity contribution in [2.75, 3.05) is 31.6 Å². The minimum absolute atomic E-state index is 0.00630. The van der Waals surface area contributed by atoms with E-state index in [0.29, 0.717) is 19.0 Å². The number of carbonyl (C=O) groups is 1. The number of benzene rings is 1. The van der Waals surface area contributed by atoms with Crippen molar-refractivity contribution in [2.24, 2.45) is 0 Å². The standard InChI is InChI=1S/C17H26N2O3/c1-4-7-14(19(5-2)6-3)17(20)18-13-8-9-15-16(12-13)22-11-10-21-15/h8-9,12,14H,4-7,10-11H2,1-3H3,(H,18,20)/p+1. The summed E-state index contributed by atoms with van der Waals surface area (Å²) in [6.07, 6.45) is 1.90. The molecule has 5 nitrogen and oxygen atoms in total. The lowest BCUT2D eigenvalue weighted by molar-refractivity contribution is -0.912. The molecule has 1 aliphatic heterocycles. The van der Waals surface area contributed by atoms with Crippen LogP contribution in [0.4, 0.5) is 5.69 Å². The summed E-state index contributed by atoms with van der Waals surface area (Å²) in [6, 6.07) is 5.55. The molecule has 2 N–H and O–H groups in total. The first kappa shape index (κ1) is 16.6. The Bertz CT molecular complexity index is 501. The Balaban J connectivity index is 2.08. The largest absolute Gasteiger partial charge is 0.486 e. The van der Waals surface area contributed by atoms with Gasteiger partial charge in [-0.2, -0.15) is 0 Å². The molecule has 0 aromatic heterocycles. The summed E-state index contributed by atoms with van der Waals surface area (Å²) in [5.41, 5.74) is 0.766. The van der Waals surface area contributed by atoms with Crippen LogP contribution < -0.4 is 19.7 Å². The van der Waals surface area contributed by atoms with Gasteiger partial charge in [-0.15, -0.1) is 0 Å². The highest BCUT2D eigenvalue weighted by Gasteiger charge is 2.27. The van der Waals surface area contributed by atoms with Crippen molar-refractivity contribution in [2.45, 2.75) is 39.7 Å². The van der Waals surface area contributed by atoms with Crippen LogP contribution >= 0.6 is 0 Å². The third kappa shape index (κ3) is 3.91. The van der Waals surface area contributed by atoms with Crippen LogP contribution in [0.15, 0.2) is 18.2 Å². The number of nitrogens with one attached hydrogen (secondary N) is 2. The monoisotopic (exact) mass is 307 g/mol. The molecule has 0 aliphatic carbocycles. The van der Waals surface area contributed by atoms with Crippen LogP contribution in [0, 0.1) is 0 Å². The van der Waals surface area contributed by atoms with E-state index >= 15 is 0 Å². The van der Waals surface area contributed by atoms with Crippen molar-refractivity contribution in [1.82, 2.24) is 0 Å². The lowest BCUT2D eigenvalue weighted by Crippen LogP contribution is -3.16. The van der Waals surface area contributed by atoms with Gasteiger partial charge in [0.2, 0.25) is 0 Å². The molecule has 1 amide bonds. The smallest absolute Gasteiger partial charge is 0.282 e. The Morgan fingerprint density at radius 3 is 2.50 bits per heavy atom. The molecule has 122 valence electrons. The third-order valence-electron chi connectivity index (χ3n) is 4.10. The molecule has 1 aromatic carbocycles. The van der Waals surface area contributed by atoms with E-state index in [1.54, 1.807) is 0 Å². The quantitative estimate of drug-likeness (QED) is 0.802. The first-order valence-electron chi connectivity index (χ1n) is 8.24. The van der Waals surface area contributed by atoms with Crippen molar-refractivity contribution in [3.63, 3.8) is 0 Å². The van der Waals surface area contributed by atoms with Gasteiger partial charge in [0.1, 0.15) is 13.2 Å². The molecule has 1 aliphatic rings. The Labute approximate surface area is 132 Å². The zero-order valence-electron chi connectivity index (χ0n) is 13.8. The number of anilines is 1. The average molecular weight is 307 g/mol. The predicted molar refractivity (Wildman–Crippen MR) is 86.8 cm³/mol. The van der Waals surface area contributed by atoms with Gasteiger partial charge in [0.05, 0.1) is 13.1 Å². The van der Waals surface area contributed by atoms with Crippen LogP contribution in [0.5, 0.6) is 11.5 Å². The van der Waals surface area contributed by atoms with Crippen molar-refractivity contribution >= 4 is 11.6 Å². The molecule has 0 radical (unpaired) electrons. The second kappa shape index (κ2) is 8.03. The predicted octanol–water partition coefficient (Wildman–Crippen LogP) is 1.49. The van der Waals surface area contributed by atoms with Gasteiger partial charge < -0.3 is 19.7 Å². The van der Waals surface area contributed by atoms with E-state index in [1.165, 1.54) is 4.90 Å². The van der Waals surface area contributed by atoms with E-state index in [2.05, 4.69) is 26.1 Å². The molecule has 1 aromatic rings. The van der Waals surface area contributed by atoms with Crippen LogP contribution in [0.2, 0.25) is 0 Å². The molecule has 0 saturated heterocycles. The maximum Gasteiger partial charge on any atom is 0.282 e. The molecule has 0 bridgehead atoms. The number of fused-ring (bicyclic) bond motifs is 1. The molecule has 0 fully saturated rings. The van der Waals surface area contributed by atoms with Crippen LogP contribution in [0.25, 0.3) is 0 Å². The zero-order chi connectivity index (χ0) is 15.9. The maximum atomic E-state index is 12.6. The van der Waals surface area contributed by atoms with Gasteiger partial charge in [0, 0.05) is 18.2 Å². The van der Waals surface area contributed by atoms with Gasteiger partial charge in [-0.3, -0.25) is 4.79 Å². The van der Waals surface area contributed by atoms with Crippen molar-refractivity contribution < 1.29 is 19.2 Å². The highest BCUT2D eigenvalue weighted by atomic mass is 16.6. The summed E-state index contributed by atoms with van der Waals surface area (Å²) in [5, 5.41) is 3.03. The number of quaternary nitrogens is 1. The normalized spacial score (nSPS) is 14.7. The number of hydrogen-bond donors (Lipinski definition) is 2. The van der Waals surface area contributed by atoms with Gasteiger partial charge in [-0.25, -0.2) is 0 Å². The van der Waals surface area contributed by atoms with E-state index in [4.69, 9.17) is 9.47 Å². The number of rotatable bonds is 7. The maximum absolute atomic E-state index is 12.6. The summed E-state index contributed by atoms with van der Waals surface area (Å²) in [5.74, 6) is 1.52. The zero-order valence-corrected chi connectivity index (χ0v) is 13.8. The van der Waals surface area contributed by atoms with Crippen LogP contribution in [-0.2, 0) is 4.79 Å². The van der Waals surface area contributed by atoms with Gasteiger partial charge in [0.15, 0.2) is 17.5 Å². The summed E-state index contributed by atoms with van der Waals surface area (Å²) in [6.45, 7) is 9.39. The minimum atomic E-state index is -0.00630. The Morgan fingerprint density at radius 2 is 1.86 bits per heavy atom. The number of likely N-dealkylation sites (N-methyl/N-ethyl adjacent to an activating group) is 1. The molecule has 5 heteroatoms. The lowest BCUT2D eigenvalue weighted by Gasteiger charge is -2.26. The molecular weight excluding hydrogens is 280 g/mol. The Morgan fingerprint density at radius 1 is 1.18 bits per heavy atom. The van der Waals surface area contributed by atoms with Crippen molar-refractivity contribution in [3.8, 4) is 11.5 Å². The first-order chi connectivity index (χ1) is 10.7. The number of carbonyl (C=O) groups excluding carboxylic acids is 1.